The number of hydrogen-bond donors (Lipinski definition) is 0. The third-order valence-corrected chi connectivity index (χ3v) is 14.6. The summed E-state index contributed by atoms with van der Waals surface area (Å²) in [5.41, 5.74) is 15.3. The topological polar surface area (TPSA) is 7.76 Å². The van der Waals surface area contributed by atoms with Gasteiger partial charge in [-0.15, -0.1) is 35.1 Å². The first-order valence-electron chi connectivity index (χ1n) is 20.6. The van der Waals surface area contributed by atoms with E-state index in [0.717, 1.165) is 33.6 Å². The molecule has 0 fully saturated rings. The number of fused-ring (bicyclic) bond motifs is 3. The Morgan fingerprint density at radius 2 is 1.05 bits per heavy atom. The van der Waals surface area contributed by atoms with Crippen LogP contribution in [-0.4, -0.2) is 8.07 Å². The van der Waals surface area contributed by atoms with E-state index in [2.05, 4.69) is 213 Å². The molecule has 0 aliphatic rings. The number of benzene rings is 6. The number of nitrogens with zero attached hydrogens (tertiary/aromatic N) is 2. The molecule has 9 rings (SSSR count). The van der Waals surface area contributed by atoms with Gasteiger partial charge in [0.25, 0.3) is 0 Å². The summed E-state index contributed by atoms with van der Waals surface area (Å²) >= 11 is 1.84. The third kappa shape index (κ3) is 8.98. The second-order valence-electron chi connectivity index (χ2n) is 16.9. The quantitative estimate of drug-likeness (QED) is 0.0854. The maximum Gasteiger partial charge on any atom is 0.0709 e. The molecule has 1 radical (unpaired) electrons. The fraction of sp³-hybridized carbons (Fsp3) is 0.107. The summed E-state index contributed by atoms with van der Waals surface area (Å²) in [7, 11) is 7.16. The van der Waals surface area contributed by atoms with Gasteiger partial charge in [0.1, 0.15) is 0 Å². The van der Waals surface area contributed by atoms with E-state index in [1.165, 1.54) is 64.3 Å². The van der Waals surface area contributed by atoms with E-state index in [9.17, 15) is 0 Å². The maximum atomic E-state index is 4.39. The Labute approximate surface area is 381 Å². The fourth-order valence-electron chi connectivity index (χ4n) is 8.10. The first-order chi connectivity index (χ1) is 28.9. The molecule has 6 aromatic carbocycles. The van der Waals surface area contributed by atoms with E-state index in [0.29, 0.717) is 5.92 Å². The second-order valence-corrected chi connectivity index (χ2v) is 23.0. The standard InChI is InChI=1S/C31H22NS.C25H30NSi.Ir/c1-21-13-15-27-26-16-14-24(22-9-5-3-6-10-22)20-29(26)33-31(27)30(21)28-19-25(17-18-32(28)2)23-11-7-4-8-12-23;1-18(2)22-16-24(26(4)17-25(22)27(5,6)7)23-15-21(14-13-19(23)3)20-11-9-8-10-12-20;/h3-20H,1-2H2;8-18H,3-4H2,1-2,5-7H3;/q2*-1;. The van der Waals surface area contributed by atoms with Crippen molar-refractivity contribution in [3.8, 4) is 55.9 Å². The van der Waals surface area contributed by atoms with Crippen LogP contribution in [0.25, 0.3) is 76.1 Å². The van der Waals surface area contributed by atoms with Crippen LogP contribution in [0.15, 0.2) is 170 Å². The summed E-state index contributed by atoms with van der Waals surface area (Å²) in [6.07, 6.45) is 4.29. The van der Waals surface area contributed by atoms with E-state index < -0.39 is 8.07 Å². The minimum atomic E-state index is -1.45. The molecule has 3 heterocycles. The van der Waals surface area contributed by atoms with Gasteiger partial charge >= 0.3 is 0 Å². The van der Waals surface area contributed by atoms with Gasteiger partial charge in [-0.1, -0.05) is 160 Å². The van der Waals surface area contributed by atoms with Gasteiger partial charge in [-0.2, -0.15) is 37.1 Å². The summed E-state index contributed by atoms with van der Waals surface area (Å²) in [5, 5.41) is 4.04. The van der Waals surface area contributed by atoms with Crippen molar-refractivity contribution in [2.24, 2.45) is 0 Å². The monoisotopic (exact) mass is 1010 g/mol. The van der Waals surface area contributed by atoms with Crippen LogP contribution in [0, 0.1) is 27.9 Å². The number of aromatic nitrogens is 2. The van der Waals surface area contributed by atoms with Crippen LogP contribution in [0.4, 0.5) is 0 Å². The molecule has 0 bridgehead atoms. The van der Waals surface area contributed by atoms with Gasteiger partial charge in [0.05, 0.1) is 31.9 Å². The molecule has 0 spiro atoms. The van der Waals surface area contributed by atoms with Crippen LogP contribution >= 0.6 is 11.3 Å². The zero-order valence-electron chi connectivity index (χ0n) is 35.7. The number of rotatable bonds is 7. The van der Waals surface area contributed by atoms with Crippen LogP contribution in [-0.2, 0) is 20.1 Å². The molecule has 0 aliphatic carbocycles. The molecule has 0 N–H and O–H groups in total. The molecule has 0 aliphatic heterocycles. The van der Waals surface area contributed by atoms with Crippen LogP contribution in [0.5, 0.6) is 0 Å². The van der Waals surface area contributed by atoms with Crippen molar-refractivity contribution in [1.82, 2.24) is 0 Å². The van der Waals surface area contributed by atoms with Crippen LogP contribution < -0.4 is 14.3 Å². The molecule has 9 aromatic rings. The van der Waals surface area contributed by atoms with Crippen LogP contribution in [0.3, 0.4) is 0 Å². The molecule has 0 unspecified atom stereocenters. The SMILES string of the molecule is [CH2-]c1ccc(-c2ccccc2)cc1-c1cc(C(C)C)c([Si](C)(C)C)c[n+]1[CH2-].[CH2-]c1ccc2c(sc3cc(-c4ccccc4)ccc32)c1-c1cc(-c2ccccc2)cc[n+]1[CH2-].[Ir]. The number of thiophene rings is 1. The van der Waals surface area contributed by atoms with E-state index in [1.807, 2.05) is 38.8 Å². The van der Waals surface area contributed by atoms with Crippen molar-refractivity contribution in [1.29, 1.82) is 0 Å². The Hall–Kier alpha value is -5.81. The predicted octanol–water partition coefficient (Wildman–Crippen LogP) is 14.0. The minimum Gasteiger partial charge on any atom is -0.343 e. The van der Waals surface area contributed by atoms with E-state index in [4.69, 9.17) is 0 Å². The molecule has 3 aromatic heterocycles. The Morgan fingerprint density at radius 3 is 1.62 bits per heavy atom. The van der Waals surface area contributed by atoms with Crippen molar-refractivity contribution in [2.75, 3.05) is 0 Å². The van der Waals surface area contributed by atoms with Gasteiger partial charge in [-0.25, -0.2) is 0 Å². The third-order valence-electron chi connectivity index (χ3n) is 11.4. The molecule has 0 saturated heterocycles. The van der Waals surface area contributed by atoms with E-state index in [1.54, 1.807) is 0 Å². The van der Waals surface area contributed by atoms with Gasteiger partial charge in [0.2, 0.25) is 0 Å². The average molecular weight is 1010 g/mol. The summed E-state index contributed by atoms with van der Waals surface area (Å²) in [5.74, 6) is 0.484. The number of pyridine rings is 2. The smallest absolute Gasteiger partial charge is 0.0709 e. The average Bonchev–Trinajstić information content (AvgIpc) is 3.63. The molecule has 0 amide bonds. The molecule has 307 valence electrons. The van der Waals surface area contributed by atoms with Gasteiger partial charge in [-0.3, -0.25) is 0 Å². The first-order valence-corrected chi connectivity index (χ1v) is 24.9. The number of hydrogen-bond acceptors (Lipinski definition) is 1. The Kier molecular flexibility index (Phi) is 12.8. The first kappa shape index (κ1) is 43.3. The van der Waals surface area contributed by atoms with E-state index >= 15 is 0 Å². The van der Waals surface area contributed by atoms with Gasteiger partial charge in [0.15, 0.2) is 0 Å². The van der Waals surface area contributed by atoms with Crippen LogP contribution in [0.1, 0.15) is 36.5 Å². The van der Waals surface area contributed by atoms with Crippen molar-refractivity contribution in [3.05, 3.63) is 215 Å². The summed E-state index contributed by atoms with van der Waals surface area (Å²) in [4.78, 5) is 0. The zero-order chi connectivity index (χ0) is 42.1. The molecular weight excluding hydrogens is 953 g/mol. The largest absolute Gasteiger partial charge is 0.343 e. The Bertz CT molecular complexity index is 2970. The molecule has 2 nitrogen and oxygen atoms in total. The zero-order valence-corrected chi connectivity index (χ0v) is 39.9. The Morgan fingerprint density at radius 1 is 0.525 bits per heavy atom. The predicted molar refractivity (Wildman–Crippen MR) is 261 cm³/mol. The molecule has 61 heavy (non-hydrogen) atoms. The Balaban J connectivity index is 0.000000185. The normalized spacial score (nSPS) is 11.3. The van der Waals surface area contributed by atoms with Crippen molar-refractivity contribution < 1.29 is 29.2 Å². The maximum absolute atomic E-state index is 4.39. The summed E-state index contributed by atoms with van der Waals surface area (Å²) < 4.78 is 6.53. The molecule has 0 saturated carbocycles. The minimum absolute atomic E-state index is 0. The second kappa shape index (κ2) is 18.0. The summed E-state index contributed by atoms with van der Waals surface area (Å²) in [6.45, 7) is 20.4. The van der Waals surface area contributed by atoms with E-state index in [-0.39, 0.29) is 20.1 Å². The fourth-order valence-corrected chi connectivity index (χ4v) is 11.2. The van der Waals surface area contributed by atoms with Gasteiger partial charge in [0, 0.05) is 38.9 Å². The van der Waals surface area contributed by atoms with Crippen molar-refractivity contribution in [2.45, 2.75) is 39.4 Å². The molecule has 5 heteroatoms. The van der Waals surface area contributed by atoms with Crippen molar-refractivity contribution >= 4 is 44.8 Å². The summed E-state index contributed by atoms with van der Waals surface area (Å²) in [6, 6.07) is 55.8. The van der Waals surface area contributed by atoms with Gasteiger partial charge < -0.3 is 9.13 Å². The van der Waals surface area contributed by atoms with Gasteiger partial charge in [-0.05, 0) is 72.1 Å². The van der Waals surface area contributed by atoms with Crippen molar-refractivity contribution in [3.63, 3.8) is 0 Å². The molecule has 0 atom stereocenters. The molecular formula is C56H52IrN2SSi-2. The van der Waals surface area contributed by atoms with Crippen LogP contribution in [0.2, 0.25) is 19.6 Å².